The van der Waals surface area contributed by atoms with E-state index in [9.17, 15) is 13.2 Å². The van der Waals surface area contributed by atoms with Crippen LogP contribution in [0.5, 0.6) is 11.5 Å². The molecule has 0 aromatic heterocycles. The van der Waals surface area contributed by atoms with Crippen LogP contribution in [0.2, 0.25) is 5.02 Å². The van der Waals surface area contributed by atoms with Crippen LogP contribution in [0.3, 0.4) is 0 Å². The maximum absolute atomic E-state index is 13.7. The first kappa shape index (κ1) is 26.1. The van der Waals surface area contributed by atoms with Gasteiger partial charge in [0.05, 0.1) is 31.0 Å². The fourth-order valence-corrected chi connectivity index (χ4v) is 5.04. The first-order chi connectivity index (χ1) is 16.6. The number of benzene rings is 3. The van der Waals surface area contributed by atoms with Gasteiger partial charge in [0.25, 0.3) is 15.9 Å². The van der Waals surface area contributed by atoms with E-state index in [0.29, 0.717) is 22.0 Å². The highest BCUT2D eigenvalue weighted by Crippen LogP contribution is 2.32. The Balaban J connectivity index is 1.95. The predicted molar refractivity (Wildman–Crippen MR) is 137 cm³/mol. The minimum absolute atomic E-state index is 0.0540. The van der Waals surface area contributed by atoms with Crippen molar-refractivity contribution >= 4 is 39.4 Å². The van der Waals surface area contributed by atoms with Crippen LogP contribution in [0.15, 0.2) is 70.7 Å². The van der Waals surface area contributed by atoms with E-state index in [4.69, 9.17) is 21.1 Å². The fraction of sp³-hybridized carbons (Fsp3) is 0.200. The van der Waals surface area contributed by atoms with Gasteiger partial charge in [-0.05, 0) is 55.3 Å². The molecule has 0 saturated heterocycles. The summed E-state index contributed by atoms with van der Waals surface area (Å²) < 4.78 is 38.9. The molecular formula is C25H26ClN3O5S. The summed E-state index contributed by atoms with van der Waals surface area (Å²) in [6, 6.07) is 16.6. The molecule has 3 aromatic carbocycles. The number of carbonyl (C=O) groups is 1. The molecule has 1 amide bonds. The number of anilines is 1. The average molecular weight is 516 g/mol. The van der Waals surface area contributed by atoms with E-state index in [1.54, 1.807) is 36.4 Å². The molecule has 0 aliphatic carbocycles. The number of rotatable bonds is 9. The van der Waals surface area contributed by atoms with Crippen LogP contribution < -0.4 is 19.2 Å². The zero-order valence-electron chi connectivity index (χ0n) is 19.8. The predicted octanol–water partition coefficient (Wildman–Crippen LogP) is 4.32. The quantitative estimate of drug-likeness (QED) is 0.338. The number of halogens is 1. The second-order valence-corrected chi connectivity index (χ2v) is 9.96. The van der Waals surface area contributed by atoms with Gasteiger partial charge in [-0.1, -0.05) is 35.9 Å². The van der Waals surface area contributed by atoms with Crippen LogP contribution in [0.4, 0.5) is 5.69 Å². The number of nitrogens with zero attached hydrogens (tertiary/aromatic N) is 2. The van der Waals surface area contributed by atoms with Gasteiger partial charge in [0.15, 0.2) is 11.5 Å². The summed E-state index contributed by atoms with van der Waals surface area (Å²) in [6.07, 6.45) is 1.39. The van der Waals surface area contributed by atoms with Gasteiger partial charge < -0.3 is 9.47 Å². The van der Waals surface area contributed by atoms with Crippen molar-refractivity contribution in [3.8, 4) is 11.5 Å². The number of methoxy groups -OCH3 is 2. The second-order valence-electron chi connectivity index (χ2n) is 7.69. The average Bonchev–Trinajstić information content (AvgIpc) is 2.82. The zero-order valence-corrected chi connectivity index (χ0v) is 21.4. The number of sulfonamides is 1. The number of aryl methyl sites for hydroxylation is 2. The van der Waals surface area contributed by atoms with Gasteiger partial charge in [-0.3, -0.25) is 9.10 Å². The van der Waals surface area contributed by atoms with E-state index in [1.807, 2.05) is 19.9 Å². The summed E-state index contributed by atoms with van der Waals surface area (Å²) in [7, 11) is -1.28. The molecule has 0 radical (unpaired) electrons. The molecule has 10 heteroatoms. The van der Waals surface area contributed by atoms with Gasteiger partial charge in [-0.2, -0.15) is 5.10 Å². The number of hydrogen-bond acceptors (Lipinski definition) is 6. The lowest BCUT2D eigenvalue weighted by atomic mass is 10.1. The SMILES string of the molecule is COc1ccc(S(=O)(=O)N(CC(=O)N/N=C\c2ccccc2Cl)c2cc(C)cc(C)c2)cc1OC. The number of hydrogen-bond donors (Lipinski definition) is 1. The third-order valence-corrected chi connectivity index (χ3v) is 7.14. The Morgan fingerprint density at radius 3 is 2.29 bits per heavy atom. The van der Waals surface area contributed by atoms with Crippen molar-refractivity contribution in [2.75, 3.05) is 25.1 Å². The topological polar surface area (TPSA) is 97.3 Å². The molecule has 0 aliphatic rings. The van der Waals surface area contributed by atoms with Gasteiger partial charge in [0, 0.05) is 16.7 Å². The van der Waals surface area contributed by atoms with Crippen LogP contribution in [-0.4, -0.2) is 41.3 Å². The summed E-state index contributed by atoms with van der Waals surface area (Å²) in [6.45, 7) is 3.21. The van der Waals surface area contributed by atoms with Gasteiger partial charge in [0.2, 0.25) is 0 Å². The Hall–Kier alpha value is -3.56. The Morgan fingerprint density at radius 1 is 1.00 bits per heavy atom. The first-order valence-electron chi connectivity index (χ1n) is 10.5. The van der Waals surface area contributed by atoms with Crippen LogP contribution in [-0.2, 0) is 14.8 Å². The molecule has 35 heavy (non-hydrogen) atoms. The van der Waals surface area contributed by atoms with E-state index in [0.717, 1.165) is 15.4 Å². The Kier molecular flexibility index (Phi) is 8.37. The molecule has 0 saturated carbocycles. The molecule has 0 aliphatic heterocycles. The number of carbonyl (C=O) groups excluding carboxylic acids is 1. The molecule has 184 valence electrons. The second kappa shape index (κ2) is 11.2. The largest absolute Gasteiger partial charge is 0.493 e. The van der Waals surface area contributed by atoms with Crippen molar-refractivity contribution in [1.29, 1.82) is 0 Å². The molecule has 0 bridgehead atoms. The van der Waals surface area contributed by atoms with E-state index < -0.39 is 22.5 Å². The molecule has 8 nitrogen and oxygen atoms in total. The summed E-state index contributed by atoms with van der Waals surface area (Å²) in [5, 5.41) is 4.39. The summed E-state index contributed by atoms with van der Waals surface area (Å²) in [4.78, 5) is 12.7. The molecule has 0 atom stereocenters. The summed E-state index contributed by atoms with van der Waals surface area (Å²) in [5.74, 6) is 0.00954. The van der Waals surface area contributed by atoms with Crippen molar-refractivity contribution in [3.05, 3.63) is 82.4 Å². The van der Waals surface area contributed by atoms with E-state index in [2.05, 4.69) is 10.5 Å². The maximum Gasteiger partial charge on any atom is 0.264 e. The van der Waals surface area contributed by atoms with Gasteiger partial charge >= 0.3 is 0 Å². The minimum Gasteiger partial charge on any atom is -0.493 e. The maximum atomic E-state index is 13.7. The number of hydrazone groups is 1. The molecule has 0 unspecified atom stereocenters. The lowest BCUT2D eigenvalue weighted by Gasteiger charge is -2.25. The van der Waals surface area contributed by atoms with Crippen LogP contribution in [0.1, 0.15) is 16.7 Å². The Morgan fingerprint density at radius 2 is 1.66 bits per heavy atom. The number of nitrogens with one attached hydrogen (secondary N) is 1. The minimum atomic E-state index is -4.16. The molecule has 1 N–H and O–H groups in total. The van der Waals surface area contributed by atoms with Crippen LogP contribution in [0.25, 0.3) is 0 Å². The lowest BCUT2D eigenvalue weighted by Crippen LogP contribution is -2.39. The summed E-state index contributed by atoms with van der Waals surface area (Å²) >= 11 is 6.10. The van der Waals surface area contributed by atoms with E-state index >= 15 is 0 Å². The molecule has 0 spiro atoms. The monoisotopic (exact) mass is 515 g/mol. The highest BCUT2D eigenvalue weighted by Gasteiger charge is 2.28. The van der Waals surface area contributed by atoms with Gasteiger partial charge in [0.1, 0.15) is 6.54 Å². The van der Waals surface area contributed by atoms with Crippen molar-refractivity contribution in [2.24, 2.45) is 5.10 Å². The van der Waals surface area contributed by atoms with Crippen molar-refractivity contribution in [3.63, 3.8) is 0 Å². The van der Waals surface area contributed by atoms with Crippen molar-refractivity contribution in [2.45, 2.75) is 18.7 Å². The molecule has 0 heterocycles. The zero-order chi connectivity index (χ0) is 25.6. The molecule has 0 fully saturated rings. The molecule has 3 aromatic rings. The molecule has 3 rings (SSSR count). The number of amides is 1. The molecular weight excluding hydrogens is 490 g/mol. The normalized spacial score (nSPS) is 11.3. The van der Waals surface area contributed by atoms with Crippen molar-refractivity contribution < 1.29 is 22.7 Å². The Labute approximate surface area is 210 Å². The summed E-state index contributed by atoms with van der Waals surface area (Å²) in [5.41, 5.74) is 5.04. The smallest absolute Gasteiger partial charge is 0.264 e. The van der Waals surface area contributed by atoms with E-state index in [-0.39, 0.29) is 10.6 Å². The van der Waals surface area contributed by atoms with E-state index in [1.165, 1.54) is 38.6 Å². The lowest BCUT2D eigenvalue weighted by molar-refractivity contribution is -0.119. The highest BCUT2D eigenvalue weighted by molar-refractivity contribution is 7.92. The first-order valence-corrected chi connectivity index (χ1v) is 12.4. The van der Waals surface area contributed by atoms with Crippen molar-refractivity contribution in [1.82, 2.24) is 5.43 Å². The Bertz CT molecular complexity index is 1340. The van der Waals surface area contributed by atoms with Gasteiger partial charge in [-0.25, -0.2) is 13.8 Å². The van der Waals surface area contributed by atoms with Gasteiger partial charge in [-0.15, -0.1) is 0 Å². The van der Waals surface area contributed by atoms with Crippen LogP contribution >= 0.6 is 11.6 Å². The number of ether oxygens (including phenoxy) is 2. The third kappa shape index (κ3) is 6.32. The van der Waals surface area contributed by atoms with Crippen LogP contribution in [0, 0.1) is 13.8 Å². The standard InChI is InChI=1S/C25H26ClN3O5S/c1-17-11-18(2)13-20(12-17)29(16-25(30)28-27-15-19-7-5-6-8-22(19)26)35(31,32)21-9-10-23(33-3)24(14-21)34-4/h5-15H,16H2,1-4H3,(H,28,30)/b27-15-. The third-order valence-electron chi connectivity index (χ3n) is 5.02. The fourth-order valence-electron chi connectivity index (χ4n) is 3.43. The highest BCUT2D eigenvalue weighted by atomic mass is 35.5.